The highest BCUT2D eigenvalue weighted by atomic mass is 32.2. The van der Waals surface area contributed by atoms with Crippen molar-refractivity contribution in [3.63, 3.8) is 0 Å². The molecular formula is C23H41N5O2S. The van der Waals surface area contributed by atoms with Crippen LogP contribution < -0.4 is 10.6 Å². The van der Waals surface area contributed by atoms with Gasteiger partial charge < -0.3 is 20.4 Å². The minimum absolute atomic E-state index is 0.273. The number of aliphatic hydroxyl groups excluding tert-OH is 2. The van der Waals surface area contributed by atoms with Crippen molar-refractivity contribution >= 4 is 17.6 Å². The number of nitrogens with zero attached hydrogens (tertiary/aromatic N) is 3. The van der Waals surface area contributed by atoms with Gasteiger partial charge in [-0.3, -0.25) is 15.2 Å². The molecule has 0 amide bonds. The average Bonchev–Trinajstić information content (AvgIpc) is 3.45. The minimum atomic E-state index is -0.420. The molecule has 7 nitrogen and oxygen atoms in total. The van der Waals surface area contributed by atoms with Crippen LogP contribution in [0.4, 0.5) is 0 Å². The summed E-state index contributed by atoms with van der Waals surface area (Å²) in [6, 6.07) is 1.27. The molecule has 0 radical (unpaired) electrons. The minimum Gasteiger partial charge on any atom is -0.392 e. The molecule has 2 aliphatic carbocycles. The number of aliphatic hydroxyl groups is 2. The Morgan fingerprint density at radius 3 is 2.71 bits per heavy atom. The van der Waals surface area contributed by atoms with Crippen molar-refractivity contribution in [3.05, 3.63) is 0 Å². The van der Waals surface area contributed by atoms with Gasteiger partial charge in [0.1, 0.15) is 12.1 Å². The fourth-order valence-electron chi connectivity index (χ4n) is 6.87. The van der Waals surface area contributed by atoms with E-state index in [1.807, 2.05) is 0 Å². The van der Waals surface area contributed by atoms with Crippen molar-refractivity contribution in [1.82, 2.24) is 20.4 Å². The Hall–Kier alpha value is -0.380. The summed E-state index contributed by atoms with van der Waals surface area (Å²) in [5, 5.41) is 29.4. The van der Waals surface area contributed by atoms with Crippen LogP contribution >= 0.6 is 11.8 Å². The maximum absolute atomic E-state index is 10.9. The Morgan fingerprint density at radius 2 is 2.00 bits per heavy atom. The predicted octanol–water partition coefficient (Wildman–Crippen LogP) is 1.27. The van der Waals surface area contributed by atoms with E-state index >= 15 is 0 Å². The van der Waals surface area contributed by atoms with Crippen LogP contribution in [0, 0.1) is 17.8 Å². The molecule has 8 heteroatoms. The van der Waals surface area contributed by atoms with Crippen LogP contribution in [0.2, 0.25) is 0 Å². The van der Waals surface area contributed by atoms with Gasteiger partial charge >= 0.3 is 0 Å². The second-order valence-electron chi connectivity index (χ2n) is 10.7. The van der Waals surface area contributed by atoms with E-state index < -0.39 is 6.23 Å². The number of thioether (sulfide) groups is 1. The number of fused-ring (bicyclic) bond motifs is 3. The summed E-state index contributed by atoms with van der Waals surface area (Å²) in [5.41, 5.74) is 0. The maximum atomic E-state index is 10.9. The molecule has 0 spiro atoms. The van der Waals surface area contributed by atoms with Crippen LogP contribution in [-0.4, -0.2) is 94.7 Å². The van der Waals surface area contributed by atoms with Crippen LogP contribution in [0.1, 0.15) is 51.4 Å². The first-order valence-corrected chi connectivity index (χ1v) is 13.4. The van der Waals surface area contributed by atoms with Gasteiger partial charge in [0, 0.05) is 36.3 Å². The van der Waals surface area contributed by atoms with Gasteiger partial charge in [0.05, 0.1) is 18.1 Å². The molecule has 2 saturated carbocycles. The number of amidine groups is 1. The Morgan fingerprint density at radius 1 is 1.19 bits per heavy atom. The normalized spacial score (nSPS) is 44.2. The van der Waals surface area contributed by atoms with Crippen LogP contribution in [-0.2, 0) is 0 Å². The first-order valence-electron chi connectivity index (χ1n) is 12.5. The van der Waals surface area contributed by atoms with E-state index in [9.17, 15) is 10.2 Å². The lowest BCUT2D eigenvalue weighted by atomic mass is 9.80. The molecule has 5 aliphatic rings. The summed E-state index contributed by atoms with van der Waals surface area (Å²) >= 11 is 2.12. The van der Waals surface area contributed by atoms with Crippen molar-refractivity contribution in [2.24, 2.45) is 22.7 Å². The summed E-state index contributed by atoms with van der Waals surface area (Å²) in [4.78, 5) is 9.40. The first kappa shape index (κ1) is 22.4. The van der Waals surface area contributed by atoms with Crippen LogP contribution in [0.15, 0.2) is 4.99 Å². The SMILES string of the molecule is CN(C)C1CCC(NC2=NCNC3SC4CCC(CC(O)N5CC[C@@H](O)C5)C4C23)CC1. The molecule has 4 fully saturated rings. The highest BCUT2D eigenvalue weighted by Crippen LogP contribution is 2.55. The third kappa shape index (κ3) is 4.66. The van der Waals surface area contributed by atoms with Crippen molar-refractivity contribution in [1.29, 1.82) is 0 Å². The molecule has 0 aromatic rings. The molecular weight excluding hydrogens is 410 g/mol. The molecule has 6 unspecified atom stereocenters. The van der Waals surface area contributed by atoms with E-state index in [1.54, 1.807) is 0 Å². The maximum Gasteiger partial charge on any atom is 0.107 e. The molecule has 0 bridgehead atoms. The summed E-state index contributed by atoms with van der Waals surface area (Å²) in [5.74, 6) is 2.82. The highest BCUT2D eigenvalue weighted by molar-refractivity contribution is 8.00. The van der Waals surface area contributed by atoms with Gasteiger partial charge in [-0.05, 0) is 77.3 Å². The molecule has 176 valence electrons. The Balaban J connectivity index is 1.23. The van der Waals surface area contributed by atoms with Gasteiger partial charge in [0.2, 0.25) is 0 Å². The second kappa shape index (κ2) is 9.47. The number of β-amino-alcohol motifs (C(OH)–C–C–N with tert-alkyl or cyclic N) is 1. The van der Waals surface area contributed by atoms with Gasteiger partial charge in [-0.15, -0.1) is 11.8 Å². The van der Waals surface area contributed by atoms with E-state index in [0.29, 0.717) is 41.0 Å². The molecule has 4 N–H and O–H groups in total. The van der Waals surface area contributed by atoms with Gasteiger partial charge in [0.15, 0.2) is 0 Å². The zero-order chi connectivity index (χ0) is 21.5. The quantitative estimate of drug-likeness (QED) is 0.501. The number of aliphatic imine (C=N–C) groups is 1. The van der Waals surface area contributed by atoms with E-state index in [0.717, 1.165) is 32.1 Å². The van der Waals surface area contributed by atoms with Crippen molar-refractivity contribution < 1.29 is 10.2 Å². The van der Waals surface area contributed by atoms with E-state index in [4.69, 9.17) is 4.99 Å². The fourth-order valence-corrected chi connectivity index (χ4v) is 8.75. The van der Waals surface area contributed by atoms with E-state index in [-0.39, 0.29) is 6.10 Å². The first-order chi connectivity index (χ1) is 15.0. The third-order valence-electron chi connectivity index (χ3n) is 8.62. The molecule has 0 aromatic heterocycles. The second-order valence-corrected chi connectivity index (χ2v) is 12.1. The number of nitrogens with one attached hydrogen (secondary N) is 2. The zero-order valence-electron chi connectivity index (χ0n) is 19.1. The van der Waals surface area contributed by atoms with Crippen LogP contribution in [0.25, 0.3) is 0 Å². The molecule has 3 heterocycles. The molecule has 3 aliphatic heterocycles. The van der Waals surface area contributed by atoms with Crippen molar-refractivity contribution in [3.8, 4) is 0 Å². The lowest BCUT2D eigenvalue weighted by Crippen LogP contribution is -2.52. The predicted molar refractivity (Wildman–Crippen MR) is 126 cm³/mol. The van der Waals surface area contributed by atoms with Crippen molar-refractivity contribution in [2.45, 2.75) is 86.4 Å². The Kier molecular flexibility index (Phi) is 6.85. The molecule has 7 atom stereocenters. The summed E-state index contributed by atoms with van der Waals surface area (Å²) in [7, 11) is 4.40. The van der Waals surface area contributed by atoms with E-state index in [1.165, 1.54) is 44.4 Å². The lowest BCUT2D eigenvalue weighted by Gasteiger charge is -2.38. The van der Waals surface area contributed by atoms with Crippen molar-refractivity contribution in [2.75, 3.05) is 33.9 Å². The van der Waals surface area contributed by atoms with Gasteiger partial charge in [-0.25, -0.2) is 0 Å². The third-order valence-corrected chi connectivity index (χ3v) is 10.3. The lowest BCUT2D eigenvalue weighted by molar-refractivity contribution is -0.0109. The molecule has 2 saturated heterocycles. The zero-order valence-corrected chi connectivity index (χ0v) is 19.9. The van der Waals surface area contributed by atoms with Gasteiger partial charge in [0.25, 0.3) is 0 Å². The number of likely N-dealkylation sites (tertiary alicyclic amines) is 1. The fraction of sp³-hybridized carbons (Fsp3) is 0.957. The smallest absolute Gasteiger partial charge is 0.107 e. The summed E-state index contributed by atoms with van der Waals surface area (Å²) in [6.45, 7) is 2.16. The number of rotatable bonds is 5. The standard InChI is InChI=1S/C23H41N5O2S/c1-27(2)16-6-4-15(5-7-16)26-22-21-20-14(11-19(30)28-10-9-17(29)12-28)3-8-18(20)31-23(21)25-13-24-22/h14-21,23,25,29-30H,3-13H2,1-2H3,(H,24,26)/t14?,15?,16?,17-,18?,19?,20?,21?,23?/m1/s1. The number of hydrogen-bond donors (Lipinski definition) is 4. The molecule has 0 aromatic carbocycles. The summed E-state index contributed by atoms with van der Waals surface area (Å²) < 4.78 is 0. The highest BCUT2D eigenvalue weighted by Gasteiger charge is 2.54. The van der Waals surface area contributed by atoms with Crippen LogP contribution in [0.3, 0.4) is 0 Å². The largest absolute Gasteiger partial charge is 0.392 e. The Labute approximate surface area is 191 Å². The molecule has 31 heavy (non-hydrogen) atoms. The molecule has 5 rings (SSSR count). The topological polar surface area (TPSA) is 83.4 Å². The average molecular weight is 452 g/mol. The van der Waals surface area contributed by atoms with Gasteiger partial charge in [-0.1, -0.05) is 0 Å². The number of hydrogen-bond acceptors (Lipinski definition) is 8. The van der Waals surface area contributed by atoms with Gasteiger partial charge in [-0.2, -0.15) is 0 Å². The van der Waals surface area contributed by atoms with E-state index in [2.05, 4.69) is 46.3 Å². The Bertz CT molecular complexity index is 656. The van der Waals surface area contributed by atoms with Crippen LogP contribution in [0.5, 0.6) is 0 Å². The monoisotopic (exact) mass is 451 g/mol. The summed E-state index contributed by atoms with van der Waals surface area (Å²) in [6.07, 6.45) is 8.38.